The lowest BCUT2D eigenvalue weighted by atomic mass is 10.3. The fourth-order valence-electron chi connectivity index (χ4n) is 1.88. The number of nitrogen functional groups attached to an aromatic ring is 1. The maximum atomic E-state index is 12.0. The standard InChI is InChI=1S/C13H13N5O2/c14-10-3-1-2-4-11(10)20-8-7-18-13(19)17-6-5-15-9-12(17)16-18/h1-6,9H,7-8,14H2. The SMILES string of the molecule is Nc1ccccc1OCCn1nc2cnccn2c1=O. The van der Waals surface area contributed by atoms with Crippen molar-refractivity contribution in [2.45, 2.75) is 6.54 Å². The van der Waals surface area contributed by atoms with Crippen LogP contribution >= 0.6 is 0 Å². The molecule has 0 atom stereocenters. The average molecular weight is 271 g/mol. The van der Waals surface area contributed by atoms with Gasteiger partial charge in [-0.25, -0.2) is 13.9 Å². The number of hydrogen-bond acceptors (Lipinski definition) is 5. The zero-order valence-corrected chi connectivity index (χ0v) is 10.6. The second kappa shape index (κ2) is 5.04. The Morgan fingerprint density at radius 3 is 2.95 bits per heavy atom. The minimum atomic E-state index is -0.216. The summed E-state index contributed by atoms with van der Waals surface area (Å²) in [5.41, 5.74) is 6.63. The number of anilines is 1. The van der Waals surface area contributed by atoms with E-state index >= 15 is 0 Å². The molecule has 2 heterocycles. The molecular weight excluding hydrogens is 258 g/mol. The molecule has 0 unspecified atom stereocenters. The van der Waals surface area contributed by atoms with Crippen molar-refractivity contribution in [3.63, 3.8) is 0 Å². The fourth-order valence-corrected chi connectivity index (χ4v) is 1.88. The first-order valence-corrected chi connectivity index (χ1v) is 6.12. The number of aromatic nitrogens is 4. The molecule has 0 amide bonds. The van der Waals surface area contributed by atoms with Crippen LogP contribution in [0.2, 0.25) is 0 Å². The lowest BCUT2D eigenvalue weighted by Crippen LogP contribution is -2.24. The third kappa shape index (κ3) is 2.20. The summed E-state index contributed by atoms with van der Waals surface area (Å²) in [6.07, 6.45) is 4.66. The van der Waals surface area contributed by atoms with Crippen LogP contribution in [0.3, 0.4) is 0 Å². The van der Waals surface area contributed by atoms with Gasteiger partial charge in [-0.05, 0) is 12.1 Å². The van der Waals surface area contributed by atoms with Gasteiger partial charge < -0.3 is 10.5 Å². The average Bonchev–Trinajstić information content (AvgIpc) is 2.78. The molecule has 0 aliphatic carbocycles. The molecule has 1 aromatic carbocycles. The summed E-state index contributed by atoms with van der Waals surface area (Å²) in [6.45, 7) is 0.653. The summed E-state index contributed by atoms with van der Waals surface area (Å²) < 4.78 is 8.32. The van der Waals surface area contributed by atoms with E-state index in [1.807, 2.05) is 12.1 Å². The first kappa shape index (κ1) is 12.2. The van der Waals surface area contributed by atoms with E-state index in [0.29, 0.717) is 30.2 Å². The molecule has 0 aliphatic rings. The molecule has 2 N–H and O–H groups in total. The normalized spacial score (nSPS) is 10.8. The Kier molecular flexibility index (Phi) is 3.08. The summed E-state index contributed by atoms with van der Waals surface area (Å²) in [5, 5.41) is 4.16. The second-order valence-electron chi connectivity index (χ2n) is 4.20. The molecule has 0 saturated carbocycles. The van der Waals surface area contributed by atoms with Crippen molar-refractivity contribution in [3.05, 3.63) is 53.3 Å². The van der Waals surface area contributed by atoms with Crippen molar-refractivity contribution >= 4 is 11.3 Å². The Hall–Kier alpha value is -2.83. The van der Waals surface area contributed by atoms with Crippen LogP contribution in [0.25, 0.3) is 5.65 Å². The van der Waals surface area contributed by atoms with Gasteiger partial charge in [0.1, 0.15) is 12.4 Å². The first-order chi connectivity index (χ1) is 9.75. The number of fused-ring (bicyclic) bond motifs is 1. The third-order valence-electron chi connectivity index (χ3n) is 2.87. The van der Waals surface area contributed by atoms with Crippen molar-refractivity contribution in [1.29, 1.82) is 0 Å². The van der Waals surface area contributed by atoms with E-state index in [9.17, 15) is 4.79 Å². The van der Waals surface area contributed by atoms with Crippen molar-refractivity contribution in [1.82, 2.24) is 19.2 Å². The number of nitrogens with zero attached hydrogens (tertiary/aromatic N) is 4. The zero-order valence-electron chi connectivity index (χ0n) is 10.6. The van der Waals surface area contributed by atoms with Crippen LogP contribution in [-0.2, 0) is 6.54 Å². The summed E-state index contributed by atoms with van der Waals surface area (Å²) in [4.78, 5) is 15.9. The van der Waals surface area contributed by atoms with Crippen LogP contribution in [-0.4, -0.2) is 25.8 Å². The van der Waals surface area contributed by atoms with Gasteiger partial charge in [-0.1, -0.05) is 12.1 Å². The molecule has 0 fully saturated rings. The number of benzene rings is 1. The summed E-state index contributed by atoms with van der Waals surface area (Å²) >= 11 is 0. The molecule has 20 heavy (non-hydrogen) atoms. The molecule has 0 saturated heterocycles. The van der Waals surface area contributed by atoms with Crippen LogP contribution < -0.4 is 16.2 Å². The Morgan fingerprint density at radius 1 is 1.30 bits per heavy atom. The molecule has 7 heteroatoms. The Labute approximate surface area is 114 Å². The minimum Gasteiger partial charge on any atom is -0.489 e. The molecule has 0 bridgehead atoms. The monoisotopic (exact) mass is 271 g/mol. The highest BCUT2D eigenvalue weighted by atomic mass is 16.5. The first-order valence-electron chi connectivity index (χ1n) is 6.12. The van der Waals surface area contributed by atoms with Gasteiger partial charge in [0.05, 0.1) is 18.4 Å². The summed E-state index contributed by atoms with van der Waals surface area (Å²) in [7, 11) is 0. The quantitative estimate of drug-likeness (QED) is 0.700. The number of para-hydroxylation sites is 2. The summed E-state index contributed by atoms with van der Waals surface area (Å²) in [6, 6.07) is 7.22. The van der Waals surface area contributed by atoms with Gasteiger partial charge in [-0.3, -0.25) is 4.98 Å². The van der Waals surface area contributed by atoms with Gasteiger partial charge in [-0.15, -0.1) is 5.10 Å². The van der Waals surface area contributed by atoms with E-state index in [1.54, 1.807) is 24.5 Å². The molecule has 102 valence electrons. The Morgan fingerprint density at radius 2 is 2.15 bits per heavy atom. The highest BCUT2D eigenvalue weighted by Crippen LogP contribution is 2.19. The van der Waals surface area contributed by atoms with Gasteiger partial charge in [0, 0.05) is 12.4 Å². The lowest BCUT2D eigenvalue weighted by Gasteiger charge is -2.07. The number of hydrogen-bond donors (Lipinski definition) is 1. The van der Waals surface area contributed by atoms with Crippen molar-refractivity contribution < 1.29 is 4.74 Å². The smallest absolute Gasteiger partial charge is 0.350 e. The van der Waals surface area contributed by atoms with Crippen LogP contribution in [0.1, 0.15) is 0 Å². The second-order valence-corrected chi connectivity index (χ2v) is 4.20. The fraction of sp³-hybridized carbons (Fsp3) is 0.154. The number of rotatable bonds is 4. The predicted octanol–water partition coefficient (Wildman–Crippen LogP) is 0.552. The number of nitrogens with two attached hydrogens (primary N) is 1. The van der Waals surface area contributed by atoms with Gasteiger partial charge in [0.25, 0.3) is 0 Å². The topological polar surface area (TPSA) is 87.4 Å². The summed E-state index contributed by atoms with van der Waals surface area (Å²) in [5.74, 6) is 0.603. The predicted molar refractivity (Wildman–Crippen MR) is 73.6 cm³/mol. The highest BCUT2D eigenvalue weighted by molar-refractivity contribution is 5.51. The van der Waals surface area contributed by atoms with Crippen LogP contribution in [0.15, 0.2) is 47.7 Å². The molecule has 0 spiro atoms. The molecule has 0 radical (unpaired) electrons. The molecule has 3 aromatic rings. The minimum absolute atomic E-state index is 0.216. The van der Waals surface area contributed by atoms with E-state index in [1.165, 1.54) is 15.3 Å². The Bertz CT molecular complexity index is 793. The lowest BCUT2D eigenvalue weighted by molar-refractivity contribution is 0.290. The van der Waals surface area contributed by atoms with Gasteiger partial charge in [0.2, 0.25) is 0 Å². The van der Waals surface area contributed by atoms with Crippen LogP contribution in [0, 0.1) is 0 Å². The van der Waals surface area contributed by atoms with E-state index in [2.05, 4.69) is 10.1 Å². The van der Waals surface area contributed by atoms with Crippen molar-refractivity contribution in [3.8, 4) is 5.75 Å². The molecule has 0 aliphatic heterocycles. The molecule has 3 rings (SSSR count). The molecule has 2 aromatic heterocycles. The van der Waals surface area contributed by atoms with Gasteiger partial charge >= 0.3 is 5.69 Å². The third-order valence-corrected chi connectivity index (χ3v) is 2.87. The number of ether oxygens (including phenoxy) is 1. The zero-order chi connectivity index (χ0) is 13.9. The van der Waals surface area contributed by atoms with Crippen LogP contribution in [0.4, 0.5) is 5.69 Å². The van der Waals surface area contributed by atoms with E-state index < -0.39 is 0 Å². The van der Waals surface area contributed by atoms with E-state index in [-0.39, 0.29) is 5.69 Å². The van der Waals surface area contributed by atoms with Gasteiger partial charge in [-0.2, -0.15) is 0 Å². The highest BCUT2D eigenvalue weighted by Gasteiger charge is 2.06. The van der Waals surface area contributed by atoms with Crippen molar-refractivity contribution in [2.75, 3.05) is 12.3 Å². The van der Waals surface area contributed by atoms with Crippen molar-refractivity contribution in [2.24, 2.45) is 0 Å². The van der Waals surface area contributed by atoms with E-state index in [0.717, 1.165) is 0 Å². The molecular formula is C13H13N5O2. The van der Waals surface area contributed by atoms with Gasteiger partial charge in [0.15, 0.2) is 5.65 Å². The Balaban J connectivity index is 1.73. The maximum Gasteiger partial charge on any atom is 0.350 e. The molecule has 7 nitrogen and oxygen atoms in total. The van der Waals surface area contributed by atoms with E-state index in [4.69, 9.17) is 10.5 Å². The largest absolute Gasteiger partial charge is 0.489 e. The maximum absolute atomic E-state index is 12.0. The van der Waals surface area contributed by atoms with Crippen LogP contribution in [0.5, 0.6) is 5.75 Å².